The van der Waals surface area contributed by atoms with Crippen LogP contribution >= 0.6 is 0 Å². The van der Waals surface area contributed by atoms with Crippen LogP contribution in [0.3, 0.4) is 0 Å². The molecule has 1 aliphatic heterocycles. The zero-order valence-corrected chi connectivity index (χ0v) is 21.8. The van der Waals surface area contributed by atoms with Gasteiger partial charge in [-0.15, -0.1) is 0 Å². The molecule has 0 saturated carbocycles. The smallest absolute Gasteiger partial charge is 0.326 e. The van der Waals surface area contributed by atoms with Crippen LogP contribution in [-0.2, 0) is 6.54 Å². The van der Waals surface area contributed by atoms with Crippen LogP contribution in [0.4, 0.5) is 8.78 Å². The lowest BCUT2D eigenvalue weighted by atomic mass is 10.0. The van der Waals surface area contributed by atoms with E-state index < -0.39 is 11.6 Å². The summed E-state index contributed by atoms with van der Waals surface area (Å²) in [6.07, 6.45) is 2.90. The molecule has 3 aromatic carbocycles. The molecule has 0 bridgehead atoms. The van der Waals surface area contributed by atoms with Crippen molar-refractivity contribution in [1.29, 1.82) is 0 Å². The summed E-state index contributed by atoms with van der Waals surface area (Å²) < 4.78 is 37.1. The third-order valence-electron chi connectivity index (χ3n) is 7.55. The standard InChI is InChI=1S/C31H28F2N4O3/c1-2-16-40-29-9-5-8-26-22(29)18-28(36(26)19-20-10-11-23(32)24(33)17-20)30(38)35-14-12-21(13-15-35)37-27-7-4-3-6-25(27)34-31(37)39/h2-11,17-18,21H,1,12-16,19H2,(H,34,39). The molecule has 0 atom stereocenters. The number of ether oxygens (including phenoxy) is 1. The number of nitrogens with one attached hydrogen (secondary N) is 1. The number of benzene rings is 3. The van der Waals surface area contributed by atoms with Crippen molar-refractivity contribution >= 4 is 27.8 Å². The van der Waals surface area contributed by atoms with Gasteiger partial charge in [0, 0.05) is 31.1 Å². The number of para-hydroxylation sites is 2. The third-order valence-corrected chi connectivity index (χ3v) is 7.55. The summed E-state index contributed by atoms with van der Waals surface area (Å²) in [6.45, 7) is 5.13. The van der Waals surface area contributed by atoms with Gasteiger partial charge in [-0.25, -0.2) is 13.6 Å². The van der Waals surface area contributed by atoms with Gasteiger partial charge in [0.1, 0.15) is 18.1 Å². The highest BCUT2D eigenvalue weighted by Gasteiger charge is 2.29. The molecular weight excluding hydrogens is 514 g/mol. The summed E-state index contributed by atoms with van der Waals surface area (Å²) >= 11 is 0. The van der Waals surface area contributed by atoms with Crippen LogP contribution in [0.15, 0.2) is 84.2 Å². The van der Waals surface area contributed by atoms with Crippen LogP contribution in [0.1, 0.15) is 34.9 Å². The zero-order valence-electron chi connectivity index (χ0n) is 21.8. The number of amides is 1. The second-order valence-corrected chi connectivity index (χ2v) is 9.99. The number of rotatable bonds is 7. The maximum atomic E-state index is 14.0. The Morgan fingerprint density at radius 1 is 1.00 bits per heavy atom. The Morgan fingerprint density at radius 3 is 2.55 bits per heavy atom. The van der Waals surface area contributed by atoms with Crippen molar-refractivity contribution in [3.63, 3.8) is 0 Å². The van der Waals surface area contributed by atoms with Crippen molar-refractivity contribution < 1.29 is 18.3 Å². The van der Waals surface area contributed by atoms with E-state index in [4.69, 9.17) is 4.74 Å². The van der Waals surface area contributed by atoms with E-state index in [1.807, 2.05) is 47.0 Å². The summed E-state index contributed by atoms with van der Waals surface area (Å²) in [5.74, 6) is -1.42. The Hall–Kier alpha value is -4.66. The Morgan fingerprint density at radius 2 is 1.77 bits per heavy atom. The van der Waals surface area contributed by atoms with Gasteiger partial charge in [0.25, 0.3) is 5.91 Å². The van der Waals surface area contributed by atoms with Gasteiger partial charge in [0.2, 0.25) is 0 Å². The number of hydrogen-bond acceptors (Lipinski definition) is 3. The Labute approximate surface area is 228 Å². The number of carbonyl (C=O) groups excluding carboxylic acids is 1. The van der Waals surface area contributed by atoms with Gasteiger partial charge in [0.05, 0.1) is 16.6 Å². The Kier molecular flexibility index (Phi) is 6.71. The zero-order chi connectivity index (χ0) is 27.8. The lowest BCUT2D eigenvalue weighted by molar-refractivity contribution is 0.0685. The van der Waals surface area contributed by atoms with Crippen LogP contribution in [0.2, 0.25) is 0 Å². The Bertz CT molecular complexity index is 1790. The van der Waals surface area contributed by atoms with Crippen molar-refractivity contribution in [3.8, 4) is 5.75 Å². The normalized spacial score (nSPS) is 14.2. The lowest BCUT2D eigenvalue weighted by Crippen LogP contribution is -2.41. The van der Waals surface area contributed by atoms with Gasteiger partial charge in [0.15, 0.2) is 11.6 Å². The quantitative estimate of drug-likeness (QED) is 0.270. The fourth-order valence-corrected chi connectivity index (χ4v) is 5.63. The van der Waals surface area contributed by atoms with E-state index in [0.717, 1.165) is 34.1 Å². The molecule has 0 unspecified atom stereocenters. The molecule has 5 aromatic rings. The van der Waals surface area contributed by atoms with Gasteiger partial charge >= 0.3 is 5.69 Å². The number of fused-ring (bicyclic) bond motifs is 2. The van der Waals surface area contributed by atoms with Gasteiger partial charge < -0.3 is 19.2 Å². The average Bonchev–Trinajstić information content (AvgIpc) is 3.50. The lowest BCUT2D eigenvalue weighted by Gasteiger charge is -2.32. The van der Waals surface area contributed by atoms with Crippen molar-refractivity contribution in [2.75, 3.05) is 19.7 Å². The molecule has 9 heteroatoms. The highest BCUT2D eigenvalue weighted by atomic mass is 19.2. The number of H-pyrrole nitrogens is 1. The van der Waals surface area contributed by atoms with E-state index >= 15 is 0 Å². The molecule has 3 heterocycles. The molecule has 1 saturated heterocycles. The van der Waals surface area contributed by atoms with E-state index in [1.165, 1.54) is 6.07 Å². The number of aromatic amines is 1. The molecule has 1 N–H and O–H groups in total. The van der Waals surface area contributed by atoms with Gasteiger partial charge in [-0.05, 0) is 60.9 Å². The summed E-state index contributed by atoms with van der Waals surface area (Å²) in [5, 5.41) is 0.746. The number of piperidine rings is 1. The van der Waals surface area contributed by atoms with Gasteiger partial charge in [-0.1, -0.05) is 36.9 Å². The first kappa shape index (κ1) is 25.6. The molecule has 40 heavy (non-hydrogen) atoms. The first-order valence-corrected chi connectivity index (χ1v) is 13.2. The predicted octanol–water partition coefficient (Wildman–Crippen LogP) is 5.65. The molecule has 1 fully saturated rings. The summed E-state index contributed by atoms with van der Waals surface area (Å²) in [5.41, 5.74) is 3.20. The monoisotopic (exact) mass is 542 g/mol. The number of halogens is 2. The number of nitrogens with zero attached hydrogens (tertiary/aromatic N) is 3. The number of carbonyl (C=O) groups is 1. The summed E-state index contributed by atoms with van der Waals surface area (Å²) in [6, 6.07) is 18.7. The van der Waals surface area contributed by atoms with E-state index in [1.54, 1.807) is 21.6 Å². The second kappa shape index (κ2) is 10.5. The molecule has 0 spiro atoms. The van der Waals surface area contributed by atoms with Crippen LogP contribution < -0.4 is 10.4 Å². The highest BCUT2D eigenvalue weighted by molar-refractivity contribution is 6.00. The van der Waals surface area contributed by atoms with E-state index in [0.29, 0.717) is 49.5 Å². The molecule has 2 aromatic heterocycles. The van der Waals surface area contributed by atoms with Gasteiger partial charge in [-0.2, -0.15) is 0 Å². The fraction of sp³-hybridized carbons (Fsp3) is 0.226. The first-order valence-electron chi connectivity index (χ1n) is 13.2. The minimum atomic E-state index is -0.938. The van der Waals surface area contributed by atoms with Crippen LogP contribution in [0.25, 0.3) is 21.9 Å². The molecular formula is C31H28F2N4O3. The maximum absolute atomic E-state index is 14.0. The minimum absolute atomic E-state index is 0.0281. The number of likely N-dealkylation sites (tertiary alicyclic amines) is 1. The van der Waals surface area contributed by atoms with E-state index in [9.17, 15) is 18.4 Å². The van der Waals surface area contributed by atoms with Crippen LogP contribution in [-0.4, -0.2) is 44.6 Å². The number of aromatic nitrogens is 3. The van der Waals surface area contributed by atoms with E-state index in [-0.39, 0.29) is 24.2 Å². The fourth-order valence-electron chi connectivity index (χ4n) is 5.63. The predicted molar refractivity (Wildman–Crippen MR) is 150 cm³/mol. The first-order chi connectivity index (χ1) is 19.4. The Balaban J connectivity index is 1.32. The molecule has 1 aliphatic rings. The number of hydrogen-bond donors (Lipinski definition) is 1. The van der Waals surface area contributed by atoms with E-state index in [2.05, 4.69) is 11.6 Å². The molecule has 6 rings (SSSR count). The minimum Gasteiger partial charge on any atom is -0.489 e. The molecule has 0 aliphatic carbocycles. The molecule has 204 valence electrons. The number of imidazole rings is 1. The van der Waals surface area contributed by atoms with Gasteiger partial charge in [-0.3, -0.25) is 9.36 Å². The van der Waals surface area contributed by atoms with Crippen LogP contribution in [0, 0.1) is 11.6 Å². The van der Waals surface area contributed by atoms with Crippen molar-refractivity contribution in [3.05, 3.63) is 113 Å². The second-order valence-electron chi connectivity index (χ2n) is 9.99. The van der Waals surface area contributed by atoms with Crippen molar-refractivity contribution in [2.45, 2.75) is 25.4 Å². The maximum Gasteiger partial charge on any atom is 0.326 e. The topological polar surface area (TPSA) is 72.3 Å². The highest BCUT2D eigenvalue weighted by Crippen LogP contribution is 2.32. The average molecular weight is 543 g/mol. The summed E-state index contributed by atoms with van der Waals surface area (Å²) in [4.78, 5) is 31.3. The SMILES string of the molecule is C=CCOc1cccc2c1cc(C(=O)N1CCC(n3c(=O)[nH]c4ccccc43)CC1)n2Cc1ccc(F)c(F)c1. The largest absolute Gasteiger partial charge is 0.489 e. The molecule has 0 radical (unpaired) electrons. The van der Waals surface area contributed by atoms with Crippen molar-refractivity contribution in [2.24, 2.45) is 0 Å². The van der Waals surface area contributed by atoms with Crippen LogP contribution in [0.5, 0.6) is 5.75 Å². The third kappa shape index (κ3) is 4.57. The molecule has 7 nitrogen and oxygen atoms in total. The molecule has 1 amide bonds. The van der Waals surface area contributed by atoms with Crippen molar-refractivity contribution in [1.82, 2.24) is 19.0 Å². The summed E-state index contributed by atoms with van der Waals surface area (Å²) in [7, 11) is 0.